The molecule has 3 heterocycles. The molecule has 0 bridgehead atoms. The monoisotopic (exact) mass is 390 g/mol. The third kappa shape index (κ3) is 2.58. The first kappa shape index (κ1) is 16.9. The Balaban J connectivity index is 1.65. The van der Waals surface area contributed by atoms with Crippen molar-refractivity contribution in [2.45, 2.75) is 20.5 Å². The molecule has 3 aromatic rings. The number of nitrogens with one attached hydrogen (secondary N) is 1. The van der Waals surface area contributed by atoms with Gasteiger partial charge in [0.05, 0.1) is 5.57 Å². The van der Waals surface area contributed by atoms with Gasteiger partial charge in [-0.25, -0.2) is 4.99 Å². The lowest BCUT2D eigenvalue weighted by Crippen LogP contribution is -2.43. The Labute approximate surface area is 165 Å². The lowest BCUT2D eigenvalue weighted by Gasteiger charge is -2.25. The molecule has 6 nitrogen and oxygen atoms in total. The molecule has 0 aliphatic carbocycles. The van der Waals surface area contributed by atoms with Crippen LogP contribution >= 0.6 is 11.3 Å². The van der Waals surface area contributed by atoms with Crippen LogP contribution in [0.1, 0.15) is 16.7 Å². The van der Waals surface area contributed by atoms with Crippen molar-refractivity contribution in [2.75, 3.05) is 16.9 Å². The van der Waals surface area contributed by atoms with Gasteiger partial charge in [0.1, 0.15) is 17.9 Å². The van der Waals surface area contributed by atoms with Crippen molar-refractivity contribution in [3.63, 3.8) is 0 Å². The number of anilines is 2. The molecule has 0 saturated heterocycles. The van der Waals surface area contributed by atoms with Gasteiger partial charge in [-0.3, -0.25) is 14.2 Å². The summed E-state index contributed by atoms with van der Waals surface area (Å²) in [6.07, 6.45) is 0. The van der Waals surface area contributed by atoms with E-state index in [0.29, 0.717) is 28.2 Å². The molecule has 1 N–H and O–H groups in total. The number of aryl methyl sites for hydroxylation is 2. The minimum Gasteiger partial charge on any atom is -0.334 e. The van der Waals surface area contributed by atoms with E-state index in [1.807, 2.05) is 61.2 Å². The maximum atomic E-state index is 13.2. The smallest absolute Gasteiger partial charge is 0.272 e. The van der Waals surface area contributed by atoms with Crippen molar-refractivity contribution in [1.29, 1.82) is 0 Å². The molecule has 2 aliphatic heterocycles. The largest absolute Gasteiger partial charge is 0.334 e. The van der Waals surface area contributed by atoms with Gasteiger partial charge >= 0.3 is 0 Å². The summed E-state index contributed by atoms with van der Waals surface area (Å²) in [4.78, 5) is 33.0. The van der Waals surface area contributed by atoms with E-state index in [1.165, 1.54) is 16.9 Å². The second kappa shape index (κ2) is 6.17. The first-order chi connectivity index (χ1) is 13.5. The lowest BCUT2D eigenvalue weighted by molar-refractivity contribution is -0.110. The van der Waals surface area contributed by atoms with Gasteiger partial charge in [-0.1, -0.05) is 40.7 Å². The zero-order valence-electron chi connectivity index (χ0n) is 15.5. The van der Waals surface area contributed by atoms with E-state index in [1.54, 1.807) is 4.57 Å². The highest BCUT2D eigenvalue weighted by Crippen LogP contribution is 2.30. The van der Waals surface area contributed by atoms with Crippen molar-refractivity contribution in [3.05, 3.63) is 78.8 Å². The van der Waals surface area contributed by atoms with Gasteiger partial charge in [0, 0.05) is 16.9 Å². The second-order valence-electron chi connectivity index (χ2n) is 7.14. The van der Waals surface area contributed by atoms with E-state index in [-0.39, 0.29) is 11.5 Å². The summed E-state index contributed by atoms with van der Waals surface area (Å²) in [6.45, 7) is 4.93. The fourth-order valence-electron chi connectivity index (χ4n) is 3.59. The van der Waals surface area contributed by atoms with Crippen LogP contribution < -0.4 is 25.1 Å². The highest BCUT2D eigenvalue weighted by atomic mass is 32.1. The Morgan fingerprint density at radius 2 is 1.79 bits per heavy atom. The van der Waals surface area contributed by atoms with Crippen LogP contribution in [0.3, 0.4) is 0 Å². The van der Waals surface area contributed by atoms with Crippen molar-refractivity contribution in [3.8, 4) is 0 Å². The van der Waals surface area contributed by atoms with E-state index < -0.39 is 0 Å². The number of rotatable bonds is 1. The highest BCUT2D eigenvalue weighted by molar-refractivity contribution is 7.07. The second-order valence-corrected chi connectivity index (χ2v) is 8.12. The molecule has 2 aliphatic rings. The molecule has 0 radical (unpaired) electrons. The maximum absolute atomic E-state index is 13.2. The third-order valence-corrected chi connectivity index (χ3v) is 6.21. The van der Waals surface area contributed by atoms with Crippen LogP contribution in [0.4, 0.5) is 11.4 Å². The van der Waals surface area contributed by atoms with E-state index in [4.69, 9.17) is 0 Å². The average Bonchev–Trinajstić information content (AvgIpc) is 3.17. The number of carbonyl (C=O) groups is 1. The normalized spacial score (nSPS) is 17.1. The van der Waals surface area contributed by atoms with Crippen LogP contribution in [0.25, 0.3) is 5.57 Å². The van der Waals surface area contributed by atoms with Gasteiger partial charge in [0.2, 0.25) is 0 Å². The molecule has 0 atom stereocenters. The number of hydrogen-bond donors (Lipinski definition) is 1. The van der Waals surface area contributed by atoms with Gasteiger partial charge in [0.25, 0.3) is 11.5 Å². The molecule has 7 heteroatoms. The lowest BCUT2D eigenvalue weighted by atomic mass is 10.1. The minimum absolute atomic E-state index is 0.167. The quantitative estimate of drug-likeness (QED) is 0.688. The topological polar surface area (TPSA) is 66.7 Å². The standard InChI is InChI=1S/C21H18N4O2S/c1-12-3-6-14(7-4-12)24-10-22-21-25(11-24)20(27)18(28-21)17-15-9-13(2)5-8-16(15)23-19(17)26/h3-9H,10-11H2,1-2H3,(H,23,26)/b18-17-. The van der Waals surface area contributed by atoms with Gasteiger partial charge in [-0.2, -0.15) is 0 Å². The molecule has 5 rings (SSSR count). The number of hydrogen-bond acceptors (Lipinski definition) is 5. The summed E-state index contributed by atoms with van der Waals surface area (Å²) < 4.78 is 2.10. The number of aromatic nitrogens is 1. The molecule has 0 fully saturated rings. The molecule has 1 aromatic heterocycles. The van der Waals surface area contributed by atoms with Crippen LogP contribution in [-0.4, -0.2) is 17.1 Å². The SMILES string of the molecule is Cc1ccc(N2CN=c3s/c(=C4\C(=O)Nc5ccc(C)cc54)c(=O)n3C2)cc1. The zero-order chi connectivity index (χ0) is 19.4. The minimum atomic E-state index is -0.229. The van der Waals surface area contributed by atoms with Gasteiger partial charge in [-0.05, 0) is 38.1 Å². The summed E-state index contributed by atoms with van der Waals surface area (Å²) in [6, 6.07) is 13.9. The molecule has 0 saturated carbocycles. The van der Waals surface area contributed by atoms with Crippen molar-refractivity contribution >= 4 is 34.2 Å². The molecule has 0 unspecified atom stereocenters. The zero-order valence-corrected chi connectivity index (χ0v) is 16.3. The number of carbonyl (C=O) groups excluding carboxylic acids is 1. The first-order valence-electron chi connectivity index (χ1n) is 9.04. The number of fused-ring (bicyclic) bond motifs is 2. The van der Waals surface area contributed by atoms with Gasteiger partial charge in [0.15, 0.2) is 4.80 Å². The molecule has 0 spiro atoms. The van der Waals surface area contributed by atoms with E-state index in [2.05, 4.69) is 10.3 Å². The molecular formula is C21H18N4O2S. The fourth-order valence-corrected chi connectivity index (χ4v) is 4.64. The van der Waals surface area contributed by atoms with Crippen LogP contribution in [-0.2, 0) is 11.5 Å². The highest BCUT2D eigenvalue weighted by Gasteiger charge is 2.28. The van der Waals surface area contributed by atoms with Gasteiger partial charge < -0.3 is 10.2 Å². The Bertz CT molecular complexity index is 1300. The number of thiazole rings is 1. The summed E-state index contributed by atoms with van der Waals surface area (Å²) in [7, 11) is 0. The fraction of sp³-hybridized carbons (Fsp3) is 0.190. The molecule has 140 valence electrons. The Morgan fingerprint density at radius 3 is 2.57 bits per heavy atom. The summed E-state index contributed by atoms with van der Waals surface area (Å²) in [5.74, 6) is -0.229. The first-order valence-corrected chi connectivity index (χ1v) is 9.85. The van der Waals surface area contributed by atoms with E-state index in [9.17, 15) is 9.59 Å². The molecule has 1 amide bonds. The molecular weight excluding hydrogens is 372 g/mol. The van der Waals surface area contributed by atoms with E-state index in [0.717, 1.165) is 22.5 Å². The van der Waals surface area contributed by atoms with Crippen LogP contribution in [0.2, 0.25) is 0 Å². The predicted octanol–water partition coefficient (Wildman–Crippen LogP) is 1.73. The van der Waals surface area contributed by atoms with Crippen molar-refractivity contribution in [2.24, 2.45) is 4.99 Å². The average molecular weight is 390 g/mol. The Morgan fingerprint density at radius 1 is 1.04 bits per heavy atom. The van der Waals surface area contributed by atoms with Crippen molar-refractivity contribution in [1.82, 2.24) is 4.57 Å². The van der Waals surface area contributed by atoms with Crippen LogP contribution in [0.5, 0.6) is 0 Å². The van der Waals surface area contributed by atoms with Crippen LogP contribution in [0.15, 0.2) is 52.3 Å². The number of nitrogens with zero attached hydrogens (tertiary/aromatic N) is 3. The summed E-state index contributed by atoms with van der Waals surface area (Å²) in [5.41, 5.74) is 5.08. The summed E-state index contributed by atoms with van der Waals surface area (Å²) in [5, 5.41) is 2.86. The van der Waals surface area contributed by atoms with E-state index >= 15 is 0 Å². The molecule has 2 aromatic carbocycles. The predicted molar refractivity (Wildman–Crippen MR) is 110 cm³/mol. The Kier molecular flexibility index (Phi) is 3.73. The third-order valence-electron chi connectivity index (χ3n) is 5.10. The van der Waals surface area contributed by atoms with Gasteiger partial charge in [-0.15, -0.1) is 0 Å². The van der Waals surface area contributed by atoms with Crippen molar-refractivity contribution < 1.29 is 4.79 Å². The maximum Gasteiger partial charge on any atom is 0.272 e. The number of benzene rings is 2. The Hall–Kier alpha value is -3.19. The number of amides is 1. The van der Waals surface area contributed by atoms with Crippen LogP contribution in [0, 0.1) is 13.8 Å². The molecule has 28 heavy (non-hydrogen) atoms. The summed E-state index contributed by atoms with van der Waals surface area (Å²) >= 11 is 1.29.